The van der Waals surface area contributed by atoms with Crippen molar-refractivity contribution in [3.05, 3.63) is 103 Å². The number of ether oxygens (including phenoxy) is 2. The van der Waals surface area contributed by atoms with E-state index >= 15 is 0 Å². The number of halogens is 3. The Balaban J connectivity index is 1.73. The van der Waals surface area contributed by atoms with E-state index in [9.17, 15) is 32.9 Å². The van der Waals surface area contributed by atoms with E-state index in [4.69, 9.17) is 13.9 Å². The summed E-state index contributed by atoms with van der Waals surface area (Å²) in [5, 5.41) is 10.9. The highest BCUT2D eigenvalue weighted by atomic mass is 19.4. The van der Waals surface area contributed by atoms with Crippen LogP contribution in [0.3, 0.4) is 0 Å². The Morgan fingerprint density at radius 2 is 1.73 bits per heavy atom. The van der Waals surface area contributed by atoms with Gasteiger partial charge in [-0.1, -0.05) is 25.1 Å². The second-order valence-corrected chi connectivity index (χ2v) is 7.94. The second-order valence-electron chi connectivity index (χ2n) is 7.94. The number of nitro benzene ring substituents is 1. The number of rotatable bonds is 6. The molecule has 8 nitrogen and oxygen atoms in total. The molecule has 0 radical (unpaired) electrons. The van der Waals surface area contributed by atoms with Gasteiger partial charge in [0.05, 0.1) is 15.9 Å². The number of aryl methyl sites for hydroxylation is 1. The smallest absolute Gasteiger partial charge is 0.449 e. The predicted molar refractivity (Wildman–Crippen MR) is 126 cm³/mol. The van der Waals surface area contributed by atoms with Crippen LogP contribution in [0, 0.1) is 17.0 Å². The quantitative estimate of drug-likeness (QED) is 0.124. The minimum Gasteiger partial charge on any atom is -0.449 e. The van der Waals surface area contributed by atoms with Crippen molar-refractivity contribution < 1.29 is 36.8 Å². The molecule has 0 amide bonds. The maximum absolute atomic E-state index is 13.8. The molecule has 0 atom stereocenters. The highest BCUT2D eigenvalue weighted by molar-refractivity contribution is 5.94. The summed E-state index contributed by atoms with van der Waals surface area (Å²) in [5.41, 5.74) is -0.989. The normalized spacial score (nSPS) is 11.4. The molecule has 0 unspecified atom stereocenters. The molecule has 0 saturated heterocycles. The summed E-state index contributed by atoms with van der Waals surface area (Å²) in [6.07, 6.45) is -4.36. The Hall–Kier alpha value is -4.67. The van der Waals surface area contributed by atoms with Gasteiger partial charge in [-0.05, 0) is 49.2 Å². The lowest BCUT2D eigenvalue weighted by molar-refractivity contribution is -0.385. The summed E-state index contributed by atoms with van der Waals surface area (Å²) < 4.78 is 56.9. The molecule has 0 spiro atoms. The third-order valence-electron chi connectivity index (χ3n) is 5.56. The number of benzene rings is 3. The molecule has 1 aromatic heterocycles. The lowest BCUT2D eigenvalue weighted by Gasteiger charge is -2.14. The average molecular weight is 513 g/mol. The van der Waals surface area contributed by atoms with Crippen LogP contribution in [-0.4, -0.2) is 10.9 Å². The van der Waals surface area contributed by atoms with Crippen molar-refractivity contribution in [1.29, 1.82) is 0 Å². The number of carbonyl (C=O) groups excluding carboxylic acids is 1. The van der Waals surface area contributed by atoms with Crippen LogP contribution in [0.4, 0.5) is 18.9 Å². The molecule has 4 aromatic rings. The van der Waals surface area contributed by atoms with E-state index in [2.05, 4.69) is 0 Å². The summed E-state index contributed by atoms with van der Waals surface area (Å²) in [7, 11) is 0. The zero-order valence-electron chi connectivity index (χ0n) is 19.4. The number of carbonyl (C=O) groups is 1. The van der Waals surface area contributed by atoms with Gasteiger partial charge in [0, 0.05) is 17.7 Å². The number of fused-ring (bicyclic) bond motifs is 1. The maximum Gasteiger partial charge on any atom is 0.453 e. The molecule has 0 aliphatic rings. The van der Waals surface area contributed by atoms with Crippen LogP contribution < -0.4 is 14.9 Å². The molecule has 11 heteroatoms. The van der Waals surface area contributed by atoms with Crippen molar-refractivity contribution >= 4 is 22.6 Å². The number of nitrogens with zero attached hydrogens (tertiary/aromatic N) is 1. The van der Waals surface area contributed by atoms with Crippen LogP contribution in [-0.2, 0) is 12.6 Å². The monoisotopic (exact) mass is 513 g/mol. The van der Waals surface area contributed by atoms with Crippen LogP contribution in [0.25, 0.3) is 11.0 Å². The third kappa shape index (κ3) is 5.15. The van der Waals surface area contributed by atoms with Crippen LogP contribution in [0.5, 0.6) is 17.2 Å². The SMILES string of the molecule is CCc1ccc(Oc2c(C(F)(F)F)oc3cc(OC(=O)c4cccc([N+](=O)[O-])c4C)ccc3c2=O)cc1. The Morgan fingerprint density at radius 1 is 1.05 bits per heavy atom. The van der Waals surface area contributed by atoms with Crippen molar-refractivity contribution in [2.24, 2.45) is 0 Å². The van der Waals surface area contributed by atoms with Crippen LogP contribution >= 0.6 is 0 Å². The van der Waals surface area contributed by atoms with Crippen LogP contribution in [0.2, 0.25) is 0 Å². The van der Waals surface area contributed by atoms with Crippen LogP contribution in [0.15, 0.2) is 69.9 Å². The van der Waals surface area contributed by atoms with Crippen LogP contribution in [0.1, 0.15) is 34.2 Å². The average Bonchev–Trinajstić information content (AvgIpc) is 2.85. The first kappa shape index (κ1) is 25.4. The zero-order chi connectivity index (χ0) is 26.9. The third-order valence-corrected chi connectivity index (χ3v) is 5.56. The minimum atomic E-state index is -5.07. The molecular weight excluding hydrogens is 495 g/mol. The summed E-state index contributed by atoms with van der Waals surface area (Å²) in [6, 6.07) is 13.3. The van der Waals surface area contributed by atoms with Gasteiger partial charge in [-0.3, -0.25) is 14.9 Å². The van der Waals surface area contributed by atoms with Gasteiger partial charge in [0.1, 0.15) is 17.1 Å². The van der Waals surface area contributed by atoms with Crippen molar-refractivity contribution in [3.8, 4) is 17.2 Å². The second kappa shape index (κ2) is 9.76. The van der Waals surface area contributed by atoms with Gasteiger partial charge in [-0.25, -0.2) is 4.79 Å². The topological polar surface area (TPSA) is 109 Å². The van der Waals surface area contributed by atoms with Gasteiger partial charge in [-0.15, -0.1) is 0 Å². The predicted octanol–water partition coefficient (Wildman–Crippen LogP) is 6.60. The van der Waals surface area contributed by atoms with Gasteiger partial charge in [0.15, 0.2) is 0 Å². The summed E-state index contributed by atoms with van der Waals surface area (Å²) in [4.78, 5) is 36.0. The Kier molecular flexibility index (Phi) is 6.71. The molecule has 4 rings (SSSR count). The first-order valence-corrected chi connectivity index (χ1v) is 10.9. The van der Waals surface area contributed by atoms with E-state index in [0.717, 1.165) is 17.7 Å². The summed E-state index contributed by atoms with van der Waals surface area (Å²) in [6.45, 7) is 3.27. The molecule has 1 heterocycles. The highest BCUT2D eigenvalue weighted by Crippen LogP contribution is 2.38. The Morgan fingerprint density at radius 3 is 2.35 bits per heavy atom. The van der Waals surface area contributed by atoms with E-state index in [-0.39, 0.29) is 33.7 Å². The molecule has 0 aliphatic carbocycles. The Bertz CT molecular complexity index is 1570. The molecular formula is C26H18F3NO7. The number of nitro groups is 1. The minimum absolute atomic E-state index is 0.0206. The molecule has 37 heavy (non-hydrogen) atoms. The van der Waals surface area contributed by atoms with Crippen molar-refractivity contribution in [3.63, 3.8) is 0 Å². The molecule has 0 aliphatic heterocycles. The summed E-state index contributed by atoms with van der Waals surface area (Å²) >= 11 is 0. The highest BCUT2D eigenvalue weighted by Gasteiger charge is 2.40. The van der Waals surface area contributed by atoms with Crippen molar-refractivity contribution in [2.45, 2.75) is 26.4 Å². The van der Waals surface area contributed by atoms with Crippen molar-refractivity contribution in [1.82, 2.24) is 0 Å². The van der Waals surface area contributed by atoms with E-state index in [0.29, 0.717) is 6.42 Å². The lowest BCUT2D eigenvalue weighted by Crippen LogP contribution is -2.16. The molecule has 0 bridgehead atoms. The fraction of sp³-hybridized carbons (Fsp3) is 0.154. The van der Waals surface area contributed by atoms with E-state index in [1.165, 1.54) is 43.3 Å². The zero-order valence-corrected chi connectivity index (χ0v) is 19.4. The number of esters is 1. The number of hydrogen-bond donors (Lipinski definition) is 0. The van der Waals surface area contributed by atoms with Gasteiger partial charge in [0.2, 0.25) is 11.2 Å². The van der Waals surface area contributed by atoms with E-state index < -0.39 is 39.6 Å². The maximum atomic E-state index is 13.8. The fourth-order valence-corrected chi connectivity index (χ4v) is 3.61. The fourth-order valence-electron chi connectivity index (χ4n) is 3.61. The first-order chi connectivity index (χ1) is 17.5. The Labute approximate surface area is 207 Å². The molecule has 0 saturated carbocycles. The molecule has 190 valence electrons. The van der Waals surface area contributed by atoms with Gasteiger partial charge >= 0.3 is 12.1 Å². The van der Waals surface area contributed by atoms with Crippen molar-refractivity contribution in [2.75, 3.05) is 0 Å². The van der Waals surface area contributed by atoms with Gasteiger partial charge in [-0.2, -0.15) is 13.2 Å². The molecule has 0 N–H and O–H groups in total. The number of alkyl halides is 3. The largest absolute Gasteiger partial charge is 0.453 e. The standard InChI is InChI=1S/C26H18F3NO7/c1-3-15-7-9-16(10-8-15)35-23-22(31)19-12-11-17(13-21(19)37-24(23)26(27,28)29)36-25(32)18-5-4-6-20(14(18)2)30(33)34/h4-13H,3H2,1-2H3. The molecule has 3 aromatic carbocycles. The van der Waals surface area contributed by atoms with E-state index in [1.54, 1.807) is 12.1 Å². The number of hydrogen-bond acceptors (Lipinski definition) is 7. The molecule has 0 fully saturated rings. The van der Waals surface area contributed by atoms with Gasteiger partial charge < -0.3 is 13.9 Å². The first-order valence-electron chi connectivity index (χ1n) is 10.9. The summed E-state index contributed by atoms with van der Waals surface area (Å²) in [5.74, 6) is -3.87. The van der Waals surface area contributed by atoms with E-state index in [1.807, 2.05) is 6.92 Å². The lowest BCUT2D eigenvalue weighted by atomic mass is 10.1. The van der Waals surface area contributed by atoms with Gasteiger partial charge in [0.25, 0.3) is 11.4 Å².